The summed E-state index contributed by atoms with van der Waals surface area (Å²) in [6.45, 7) is 4.46. The molecular formula is C16H20ClFN4O2. The molecule has 0 fully saturated rings. The first-order valence-electron chi connectivity index (χ1n) is 7.72. The summed E-state index contributed by atoms with van der Waals surface area (Å²) < 4.78 is 14.6. The zero-order valence-electron chi connectivity index (χ0n) is 13.6. The Kier molecular flexibility index (Phi) is 5.90. The molecule has 24 heavy (non-hydrogen) atoms. The molecule has 130 valence electrons. The molecule has 2 N–H and O–H groups in total. The van der Waals surface area contributed by atoms with Crippen molar-refractivity contribution in [1.82, 2.24) is 20.3 Å². The van der Waals surface area contributed by atoms with Gasteiger partial charge < -0.3 is 10.4 Å². The normalized spacial score (nSPS) is 11.7. The number of nitrogens with zero attached hydrogens (tertiary/aromatic N) is 3. The monoisotopic (exact) mass is 354 g/mol. The van der Waals surface area contributed by atoms with E-state index in [0.717, 1.165) is 0 Å². The average molecular weight is 355 g/mol. The van der Waals surface area contributed by atoms with E-state index in [2.05, 4.69) is 15.6 Å². The Bertz CT molecular complexity index is 716. The number of hydrogen-bond donors (Lipinski definition) is 2. The van der Waals surface area contributed by atoms with Crippen molar-refractivity contribution in [2.24, 2.45) is 5.41 Å². The van der Waals surface area contributed by atoms with Gasteiger partial charge in [-0.15, -0.1) is 5.10 Å². The van der Waals surface area contributed by atoms with Crippen LogP contribution in [-0.4, -0.2) is 32.6 Å². The van der Waals surface area contributed by atoms with Gasteiger partial charge in [0.1, 0.15) is 5.82 Å². The van der Waals surface area contributed by atoms with E-state index in [-0.39, 0.29) is 5.02 Å². The first kappa shape index (κ1) is 18.4. The molecular weight excluding hydrogens is 335 g/mol. The molecule has 2 rings (SSSR count). The van der Waals surface area contributed by atoms with Gasteiger partial charge in [-0.25, -0.2) is 9.07 Å². The zero-order valence-corrected chi connectivity index (χ0v) is 14.3. The van der Waals surface area contributed by atoms with Crippen LogP contribution in [0.3, 0.4) is 0 Å². The lowest BCUT2D eigenvalue weighted by Gasteiger charge is -2.26. The van der Waals surface area contributed by atoms with E-state index in [1.165, 1.54) is 22.9 Å². The number of hydrogen-bond acceptors (Lipinski definition) is 4. The number of rotatable bonds is 8. The van der Waals surface area contributed by atoms with E-state index in [1.807, 2.05) is 13.8 Å². The smallest absolute Gasteiger partial charge is 0.310 e. The average Bonchev–Trinajstić information content (AvgIpc) is 3.00. The molecule has 0 amide bonds. The number of carbonyl (C=O) groups is 1. The molecule has 0 saturated carbocycles. The number of halogens is 2. The number of benzene rings is 1. The van der Waals surface area contributed by atoms with Gasteiger partial charge in [0.05, 0.1) is 28.0 Å². The summed E-state index contributed by atoms with van der Waals surface area (Å²) in [4.78, 5) is 11.5. The third-order valence-corrected chi connectivity index (χ3v) is 4.58. The second-order valence-electron chi connectivity index (χ2n) is 5.65. The van der Waals surface area contributed by atoms with E-state index in [4.69, 9.17) is 11.6 Å². The molecule has 0 saturated heterocycles. The lowest BCUT2D eigenvalue weighted by molar-refractivity contribution is -0.149. The van der Waals surface area contributed by atoms with Gasteiger partial charge in [0, 0.05) is 13.1 Å². The molecule has 0 atom stereocenters. The lowest BCUT2D eigenvalue weighted by Crippen LogP contribution is -2.40. The van der Waals surface area contributed by atoms with Gasteiger partial charge in [-0.05, 0) is 31.0 Å². The molecule has 0 aliphatic carbocycles. The van der Waals surface area contributed by atoms with E-state index < -0.39 is 17.2 Å². The van der Waals surface area contributed by atoms with Crippen molar-refractivity contribution in [1.29, 1.82) is 0 Å². The molecule has 0 unspecified atom stereocenters. The molecule has 0 spiro atoms. The largest absolute Gasteiger partial charge is 0.481 e. The molecule has 0 radical (unpaired) electrons. The van der Waals surface area contributed by atoms with Crippen LogP contribution in [0.4, 0.5) is 4.39 Å². The van der Waals surface area contributed by atoms with Crippen molar-refractivity contribution < 1.29 is 14.3 Å². The van der Waals surface area contributed by atoms with Gasteiger partial charge in [-0.2, -0.15) is 0 Å². The predicted octanol–water partition coefficient (Wildman–Crippen LogP) is 3.04. The highest BCUT2D eigenvalue weighted by molar-refractivity contribution is 6.32. The minimum atomic E-state index is -0.804. The third kappa shape index (κ3) is 3.91. The highest BCUT2D eigenvalue weighted by atomic mass is 35.5. The predicted molar refractivity (Wildman–Crippen MR) is 88.7 cm³/mol. The Hall–Kier alpha value is -1.99. The first-order valence-corrected chi connectivity index (χ1v) is 8.10. The van der Waals surface area contributed by atoms with Gasteiger partial charge in [0.2, 0.25) is 0 Å². The fourth-order valence-electron chi connectivity index (χ4n) is 2.47. The summed E-state index contributed by atoms with van der Waals surface area (Å²) in [7, 11) is 0. The summed E-state index contributed by atoms with van der Waals surface area (Å²) in [6.07, 6.45) is 2.76. The molecule has 1 aromatic heterocycles. The molecule has 0 aliphatic heterocycles. The maximum Gasteiger partial charge on any atom is 0.310 e. The highest BCUT2D eigenvalue weighted by Gasteiger charge is 2.34. The maximum atomic E-state index is 13.1. The van der Waals surface area contributed by atoms with Gasteiger partial charge in [-0.1, -0.05) is 30.7 Å². The summed E-state index contributed by atoms with van der Waals surface area (Å²) >= 11 is 6.00. The summed E-state index contributed by atoms with van der Waals surface area (Å²) in [5, 5.41) is 20.8. The van der Waals surface area contributed by atoms with E-state index in [0.29, 0.717) is 37.3 Å². The van der Waals surface area contributed by atoms with Gasteiger partial charge in [0.25, 0.3) is 0 Å². The van der Waals surface area contributed by atoms with Crippen LogP contribution in [0.5, 0.6) is 0 Å². The fourth-order valence-corrected chi connectivity index (χ4v) is 2.73. The Morgan fingerprint density at radius 2 is 2.12 bits per heavy atom. The van der Waals surface area contributed by atoms with E-state index in [1.54, 1.807) is 6.20 Å². The Morgan fingerprint density at radius 1 is 1.42 bits per heavy atom. The number of aromatic nitrogens is 3. The Balaban J connectivity index is 2.03. The quantitative estimate of drug-likeness (QED) is 0.761. The lowest BCUT2D eigenvalue weighted by atomic mass is 9.82. The van der Waals surface area contributed by atoms with Gasteiger partial charge in [-0.3, -0.25) is 4.79 Å². The number of carboxylic acid groups (broad SMARTS) is 1. The molecule has 8 heteroatoms. The minimum absolute atomic E-state index is 0.237. The maximum absolute atomic E-state index is 13.1. The zero-order chi connectivity index (χ0) is 17.7. The summed E-state index contributed by atoms with van der Waals surface area (Å²) in [6, 6.07) is 4.03. The number of aliphatic carboxylic acids is 1. The van der Waals surface area contributed by atoms with Crippen LogP contribution in [-0.2, 0) is 11.3 Å². The number of nitrogens with one attached hydrogen (secondary N) is 1. The topological polar surface area (TPSA) is 80.0 Å². The molecule has 0 bridgehead atoms. The Morgan fingerprint density at radius 3 is 2.71 bits per heavy atom. The molecule has 1 aromatic carbocycles. The molecule has 2 aromatic rings. The van der Waals surface area contributed by atoms with Gasteiger partial charge in [0.15, 0.2) is 0 Å². The van der Waals surface area contributed by atoms with Crippen LogP contribution in [0.15, 0.2) is 24.4 Å². The van der Waals surface area contributed by atoms with Crippen molar-refractivity contribution in [2.75, 3.05) is 6.54 Å². The van der Waals surface area contributed by atoms with Crippen LogP contribution in [0.2, 0.25) is 5.02 Å². The van der Waals surface area contributed by atoms with Crippen LogP contribution in [0, 0.1) is 11.2 Å². The minimum Gasteiger partial charge on any atom is -0.481 e. The van der Waals surface area contributed by atoms with Crippen molar-refractivity contribution >= 4 is 17.6 Å². The standard InChI is InChI=1S/C16H20ClFN4O2/c1-3-16(4-2,15(23)24)10-19-8-12-9-22(21-20-12)14-6-5-11(18)7-13(14)17/h5-7,9,19H,3-4,8,10H2,1-2H3,(H,23,24). The van der Waals surface area contributed by atoms with Crippen molar-refractivity contribution in [2.45, 2.75) is 33.2 Å². The highest BCUT2D eigenvalue weighted by Crippen LogP contribution is 2.26. The second kappa shape index (κ2) is 7.72. The summed E-state index contributed by atoms with van der Waals surface area (Å²) in [5.74, 6) is -1.23. The number of carboxylic acids is 1. The van der Waals surface area contributed by atoms with Crippen LogP contribution in [0.1, 0.15) is 32.4 Å². The third-order valence-electron chi connectivity index (χ3n) is 4.27. The van der Waals surface area contributed by atoms with Crippen molar-refractivity contribution in [3.8, 4) is 5.69 Å². The van der Waals surface area contributed by atoms with Crippen molar-refractivity contribution in [3.05, 3.63) is 40.9 Å². The van der Waals surface area contributed by atoms with Crippen LogP contribution in [0.25, 0.3) is 5.69 Å². The molecule has 1 heterocycles. The second-order valence-corrected chi connectivity index (χ2v) is 6.05. The van der Waals surface area contributed by atoms with Crippen LogP contribution < -0.4 is 5.32 Å². The SMILES string of the molecule is CCC(CC)(CNCc1cn(-c2ccc(F)cc2Cl)nn1)C(=O)O. The van der Waals surface area contributed by atoms with E-state index in [9.17, 15) is 14.3 Å². The van der Waals surface area contributed by atoms with Crippen molar-refractivity contribution in [3.63, 3.8) is 0 Å². The van der Waals surface area contributed by atoms with E-state index >= 15 is 0 Å². The molecule has 0 aliphatic rings. The van der Waals surface area contributed by atoms with Crippen LogP contribution >= 0.6 is 11.6 Å². The Labute approximate surface area is 144 Å². The van der Waals surface area contributed by atoms with Gasteiger partial charge >= 0.3 is 5.97 Å². The fraction of sp³-hybridized carbons (Fsp3) is 0.438. The molecule has 6 nitrogen and oxygen atoms in total. The summed E-state index contributed by atoms with van der Waals surface area (Å²) in [5.41, 5.74) is 0.386. The first-order chi connectivity index (χ1) is 11.4.